The summed E-state index contributed by atoms with van der Waals surface area (Å²) in [6.45, 7) is 5.49. The van der Waals surface area contributed by atoms with Gasteiger partial charge in [-0.2, -0.15) is 0 Å². The van der Waals surface area contributed by atoms with E-state index in [4.69, 9.17) is 4.74 Å². The van der Waals surface area contributed by atoms with Gasteiger partial charge in [-0.25, -0.2) is 0 Å². The Morgan fingerprint density at radius 3 is 2.39 bits per heavy atom. The van der Waals surface area contributed by atoms with Gasteiger partial charge in [-0.1, -0.05) is 55.0 Å². The summed E-state index contributed by atoms with van der Waals surface area (Å²) in [6.07, 6.45) is 4.96. The molecule has 1 fully saturated rings. The maximum Gasteiger partial charge on any atom is 0.122 e. The number of hydrogen-bond acceptors (Lipinski definition) is 2. The lowest BCUT2D eigenvalue weighted by molar-refractivity contribution is 0.124. The minimum absolute atomic E-state index is 0.486. The zero-order chi connectivity index (χ0) is 15.9. The molecule has 1 atom stereocenters. The van der Waals surface area contributed by atoms with Crippen LogP contribution >= 0.6 is 0 Å². The molecular formula is C21H27NO. The summed E-state index contributed by atoms with van der Waals surface area (Å²) < 4.78 is 6.18. The van der Waals surface area contributed by atoms with E-state index < -0.39 is 0 Å². The van der Waals surface area contributed by atoms with Crippen molar-refractivity contribution in [1.29, 1.82) is 0 Å². The van der Waals surface area contributed by atoms with E-state index in [0.29, 0.717) is 6.04 Å². The van der Waals surface area contributed by atoms with E-state index >= 15 is 0 Å². The number of benzene rings is 2. The third kappa shape index (κ3) is 4.59. The Morgan fingerprint density at radius 2 is 1.61 bits per heavy atom. The average Bonchev–Trinajstić information content (AvgIpc) is 2.62. The maximum absolute atomic E-state index is 6.18. The van der Waals surface area contributed by atoms with Crippen LogP contribution in [0.4, 0.5) is 0 Å². The standard InChI is InChI=1S/C21H27NO/c1-18(22-14-8-3-9-15-22)17-23-21-13-7-6-12-20(21)16-19-10-4-2-5-11-19/h2,4-7,10-13,18H,3,8-9,14-17H2,1H3. The molecule has 23 heavy (non-hydrogen) atoms. The Labute approximate surface area is 140 Å². The summed E-state index contributed by atoms with van der Waals surface area (Å²) in [5.74, 6) is 1.03. The minimum Gasteiger partial charge on any atom is -0.492 e. The third-order valence-corrected chi connectivity index (χ3v) is 4.70. The first kappa shape index (κ1) is 16.1. The molecule has 0 N–H and O–H groups in total. The van der Waals surface area contributed by atoms with Gasteiger partial charge in [0.05, 0.1) is 0 Å². The SMILES string of the molecule is CC(COc1ccccc1Cc1ccccc1)N1CCCCC1. The van der Waals surface area contributed by atoms with Gasteiger partial charge in [-0.3, -0.25) is 4.90 Å². The van der Waals surface area contributed by atoms with Crippen molar-refractivity contribution in [1.82, 2.24) is 4.90 Å². The highest BCUT2D eigenvalue weighted by molar-refractivity contribution is 5.37. The summed E-state index contributed by atoms with van der Waals surface area (Å²) in [6, 6.07) is 19.5. The fraction of sp³-hybridized carbons (Fsp3) is 0.429. The lowest BCUT2D eigenvalue weighted by Gasteiger charge is -2.32. The molecule has 0 radical (unpaired) electrons. The first-order valence-electron chi connectivity index (χ1n) is 8.81. The van der Waals surface area contributed by atoms with E-state index in [0.717, 1.165) is 18.8 Å². The quantitative estimate of drug-likeness (QED) is 0.777. The van der Waals surface area contributed by atoms with Gasteiger partial charge < -0.3 is 4.74 Å². The highest BCUT2D eigenvalue weighted by atomic mass is 16.5. The van der Waals surface area contributed by atoms with E-state index in [1.54, 1.807) is 0 Å². The monoisotopic (exact) mass is 309 g/mol. The lowest BCUT2D eigenvalue weighted by Crippen LogP contribution is -2.40. The van der Waals surface area contributed by atoms with E-state index in [1.807, 2.05) is 0 Å². The van der Waals surface area contributed by atoms with Gasteiger partial charge in [0.25, 0.3) is 0 Å². The average molecular weight is 309 g/mol. The van der Waals surface area contributed by atoms with E-state index in [1.165, 1.54) is 43.5 Å². The molecule has 2 aromatic rings. The normalized spacial score (nSPS) is 16.9. The molecule has 0 amide bonds. The number of rotatable bonds is 6. The van der Waals surface area contributed by atoms with Crippen LogP contribution in [0.5, 0.6) is 5.75 Å². The van der Waals surface area contributed by atoms with Gasteiger partial charge in [0, 0.05) is 12.5 Å². The molecule has 1 unspecified atom stereocenters. The summed E-state index contributed by atoms with van der Waals surface area (Å²) in [5.41, 5.74) is 2.59. The van der Waals surface area contributed by atoms with Crippen LogP contribution in [0.3, 0.4) is 0 Å². The molecule has 2 heteroatoms. The molecule has 1 saturated heterocycles. The number of piperidine rings is 1. The Morgan fingerprint density at radius 1 is 0.913 bits per heavy atom. The Bertz CT molecular complexity index is 590. The molecule has 1 aliphatic rings. The van der Waals surface area contributed by atoms with E-state index in [2.05, 4.69) is 66.4 Å². The van der Waals surface area contributed by atoms with Crippen molar-refractivity contribution in [3.05, 3.63) is 65.7 Å². The fourth-order valence-electron chi connectivity index (χ4n) is 3.28. The van der Waals surface area contributed by atoms with E-state index in [9.17, 15) is 0 Å². The Hall–Kier alpha value is -1.80. The second kappa shape index (κ2) is 8.16. The van der Waals surface area contributed by atoms with Gasteiger partial charge in [0.1, 0.15) is 12.4 Å². The Balaban J connectivity index is 1.61. The first-order chi connectivity index (χ1) is 11.3. The van der Waals surface area contributed by atoms with Gasteiger partial charge >= 0.3 is 0 Å². The second-order valence-corrected chi connectivity index (χ2v) is 6.53. The third-order valence-electron chi connectivity index (χ3n) is 4.70. The molecule has 1 aliphatic heterocycles. The van der Waals surface area contributed by atoms with Crippen LogP contribution < -0.4 is 4.74 Å². The molecule has 0 spiro atoms. The predicted molar refractivity (Wildman–Crippen MR) is 96.1 cm³/mol. The van der Waals surface area contributed by atoms with Crippen molar-refractivity contribution >= 4 is 0 Å². The van der Waals surface area contributed by atoms with Gasteiger partial charge in [0.2, 0.25) is 0 Å². The van der Waals surface area contributed by atoms with Gasteiger partial charge in [-0.15, -0.1) is 0 Å². The molecule has 0 aromatic heterocycles. The number of hydrogen-bond donors (Lipinski definition) is 0. The smallest absolute Gasteiger partial charge is 0.122 e. The highest BCUT2D eigenvalue weighted by Gasteiger charge is 2.17. The van der Waals surface area contributed by atoms with Gasteiger partial charge in [0.15, 0.2) is 0 Å². The summed E-state index contributed by atoms with van der Waals surface area (Å²) in [5, 5.41) is 0. The molecular weight excluding hydrogens is 282 g/mol. The molecule has 122 valence electrons. The predicted octanol–water partition coefficient (Wildman–Crippen LogP) is 4.53. The molecule has 0 aliphatic carbocycles. The van der Waals surface area contributed by atoms with Crippen LogP contribution in [0.1, 0.15) is 37.3 Å². The van der Waals surface area contributed by atoms with Crippen molar-refractivity contribution in [2.45, 2.75) is 38.6 Å². The van der Waals surface area contributed by atoms with Crippen molar-refractivity contribution in [3.8, 4) is 5.75 Å². The van der Waals surface area contributed by atoms with Crippen molar-refractivity contribution in [2.75, 3.05) is 19.7 Å². The van der Waals surface area contributed by atoms with Crippen molar-refractivity contribution < 1.29 is 4.74 Å². The Kier molecular flexibility index (Phi) is 5.71. The number of nitrogens with zero attached hydrogens (tertiary/aromatic N) is 1. The zero-order valence-electron chi connectivity index (χ0n) is 14.1. The lowest BCUT2D eigenvalue weighted by atomic mass is 10.0. The van der Waals surface area contributed by atoms with Crippen LogP contribution in [-0.4, -0.2) is 30.6 Å². The van der Waals surface area contributed by atoms with Crippen LogP contribution in [0, 0.1) is 0 Å². The minimum atomic E-state index is 0.486. The molecule has 0 saturated carbocycles. The highest BCUT2D eigenvalue weighted by Crippen LogP contribution is 2.22. The van der Waals surface area contributed by atoms with Crippen LogP contribution in [0.2, 0.25) is 0 Å². The largest absolute Gasteiger partial charge is 0.492 e. The first-order valence-corrected chi connectivity index (χ1v) is 8.81. The number of ether oxygens (including phenoxy) is 1. The topological polar surface area (TPSA) is 12.5 Å². The fourth-order valence-corrected chi connectivity index (χ4v) is 3.28. The maximum atomic E-state index is 6.18. The van der Waals surface area contributed by atoms with Crippen LogP contribution in [-0.2, 0) is 6.42 Å². The van der Waals surface area contributed by atoms with Crippen molar-refractivity contribution in [2.24, 2.45) is 0 Å². The number of para-hydroxylation sites is 1. The number of likely N-dealkylation sites (tertiary alicyclic amines) is 1. The molecule has 2 aromatic carbocycles. The van der Waals surface area contributed by atoms with E-state index in [-0.39, 0.29) is 0 Å². The van der Waals surface area contributed by atoms with Crippen LogP contribution in [0.15, 0.2) is 54.6 Å². The van der Waals surface area contributed by atoms with Crippen LogP contribution in [0.25, 0.3) is 0 Å². The molecule has 0 bridgehead atoms. The summed E-state index contributed by atoms with van der Waals surface area (Å²) in [7, 11) is 0. The summed E-state index contributed by atoms with van der Waals surface area (Å²) in [4.78, 5) is 2.56. The zero-order valence-corrected chi connectivity index (χ0v) is 14.1. The second-order valence-electron chi connectivity index (χ2n) is 6.53. The molecule has 3 rings (SSSR count). The van der Waals surface area contributed by atoms with Gasteiger partial charge in [-0.05, 0) is 50.0 Å². The molecule has 1 heterocycles. The van der Waals surface area contributed by atoms with Crippen molar-refractivity contribution in [3.63, 3.8) is 0 Å². The molecule has 2 nitrogen and oxygen atoms in total. The summed E-state index contributed by atoms with van der Waals surface area (Å²) >= 11 is 0.